The maximum atomic E-state index is 13.9. The summed E-state index contributed by atoms with van der Waals surface area (Å²) >= 11 is 1.09. The van der Waals surface area contributed by atoms with Crippen molar-refractivity contribution in [3.8, 4) is 5.75 Å². The number of carbonyl (C=O) groups is 2. The monoisotopic (exact) mass is 576 g/mol. The van der Waals surface area contributed by atoms with Gasteiger partial charge in [-0.1, -0.05) is 72.0 Å². The molecule has 0 fully saturated rings. The van der Waals surface area contributed by atoms with Crippen LogP contribution in [-0.2, 0) is 11.4 Å². The highest BCUT2D eigenvalue weighted by Crippen LogP contribution is 2.44. The summed E-state index contributed by atoms with van der Waals surface area (Å²) < 4.78 is 26.2. The molecule has 1 N–H and O–H groups in total. The van der Waals surface area contributed by atoms with Crippen LogP contribution in [0.5, 0.6) is 5.75 Å². The largest absolute Gasteiger partial charge is 0.503 e. The van der Waals surface area contributed by atoms with E-state index < -0.39 is 29.3 Å². The average Bonchev–Trinajstić information content (AvgIpc) is 3.70. The molecule has 0 saturated carbocycles. The standard InChI is InChI=1S/C33H21FN2O5S/c34-22-12-15-24-27(17-22)42-33(35-24)36-29(20-10-13-23(14-11-20)40-18-19-6-2-1-3-7-19)28(31(38)32(36)39)30(37)26-16-21-8-4-5-9-25(21)41-26/h1-17,29,38H,18H2. The van der Waals surface area contributed by atoms with E-state index >= 15 is 0 Å². The Morgan fingerprint density at radius 1 is 0.976 bits per heavy atom. The molecule has 9 heteroatoms. The summed E-state index contributed by atoms with van der Waals surface area (Å²) in [6, 6.07) is 28.5. The lowest BCUT2D eigenvalue weighted by molar-refractivity contribution is -0.117. The van der Waals surface area contributed by atoms with Crippen molar-refractivity contribution < 1.29 is 28.2 Å². The molecular weight excluding hydrogens is 555 g/mol. The molecule has 1 atom stereocenters. The Kier molecular flexibility index (Phi) is 6.28. The van der Waals surface area contributed by atoms with E-state index in [0.29, 0.717) is 39.1 Å². The second kappa shape index (κ2) is 10.3. The molecule has 7 nitrogen and oxygen atoms in total. The van der Waals surface area contributed by atoms with Crippen LogP contribution in [0.2, 0.25) is 0 Å². The van der Waals surface area contributed by atoms with Gasteiger partial charge in [0.05, 0.1) is 21.8 Å². The van der Waals surface area contributed by atoms with Crippen LogP contribution in [0.3, 0.4) is 0 Å². The van der Waals surface area contributed by atoms with E-state index in [1.807, 2.05) is 42.5 Å². The number of hydrogen-bond acceptors (Lipinski definition) is 7. The van der Waals surface area contributed by atoms with E-state index in [0.717, 1.165) is 16.9 Å². The van der Waals surface area contributed by atoms with Gasteiger partial charge in [0.2, 0.25) is 5.78 Å². The predicted molar refractivity (Wildman–Crippen MR) is 157 cm³/mol. The molecule has 3 heterocycles. The number of aromatic nitrogens is 1. The van der Waals surface area contributed by atoms with Gasteiger partial charge in [0.25, 0.3) is 5.91 Å². The quantitative estimate of drug-likeness (QED) is 0.197. The van der Waals surface area contributed by atoms with Crippen LogP contribution in [0.4, 0.5) is 9.52 Å². The third kappa shape index (κ3) is 4.49. The average molecular weight is 577 g/mol. The molecule has 0 spiro atoms. The van der Waals surface area contributed by atoms with Crippen molar-refractivity contribution in [2.75, 3.05) is 4.90 Å². The van der Waals surface area contributed by atoms with E-state index in [2.05, 4.69) is 4.98 Å². The highest BCUT2D eigenvalue weighted by molar-refractivity contribution is 7.22. The number of halogens is 1. The van der Waals surface area contributed by atoms with Crippen LogP contribution in [0, 0.1) is 5.82 Å². The van der Waals surface area contributed by atoms with Crippen molar-refractivity contribution in [2.45, 2.75) is 12.6 Å². The van der Waals surface area contributed by atoms with Crippen molar-refractivity contribution in [2.24, 2.45) is 0 Å². The molecule has 1 aliphatic heterocycles. The number of furan rings is 1. The third-order valence-electron chi connectivity index (χ3n) is 7.09. The molecule has 1 aliphatic rings. The molecule has 0 bridgehead atoms. The Balaban J connectivity index is 1.29. The molecule has 0 saturated heterocycles. The zero-order chi connectivity index (χ0) is 28.8. The number of ether oxygens (including phenoxy) is 1. The van der Waals surface area contributed by atoms with Crippen LogP contribution in [0.25, 0.3) is 21.2 Å². The number of para-hydroxylation sites is 1. The molecule has 4 aromatic carbocycles. The summed E-state index contributed by atoms with van der Waals surface area (Å²) in [6.45, 7) is 0.368. The second-order valence-corrected chi connectivity index (χ2v) is 10.8. The lowest BCUT2D eigenvalue weighted by Crippen LogP contribution is -2.30. The Labute approximate surface area is 242 Å². The van der Waals surface area contributed by atoms with Crippen molar-refractivity contribution in [3.63, 3.8) is 0 Å². The molecule has 0 radical (unpaired) electrons. The van der Waals surface area contributed by atoms with Crippen LogP contribution in [0.15, 0.2) is 119 Å². The molecule has 2 aromatic heterocycles. The number of carbonyl (C=O) groups excluding carboxylic acids is 2. The first kappa shape index (κ1) is 25.7. The predicted octanol–water partition coefficient (Wildman–Crippen LogP) is 7.54. The SMILES string of the molecule is O=C(C1=C(O)C(=O)N(c2nc3ccc(F)cc3s2)C1c1ccc(OCc2ccccc2)cc1)c1cc2ccccc2o1. The molecule has 6 aromatic rings. The summed E-state index contributed by atoms with van der Waals surface area (Å²) in [6.07, 6.45) is 0. The minimum Gasteiger partial charge on any atom is -0.503 e. The number of anilines is 1. The van der Waals surface area contributed by atoms with Crippen molar-refractivity contribution in [1.82, 2.24) is 4.98 Å². The minimum absolute atomic E-state index is 0.00779. The van der Waals surface area contributed by atoms with Gasteiger partial charge in [-0.15, -0.1) is 0 Å². The number of aliphatic hydroxyl groups is 1. The van der Waals surface area contributed by atoms with Gasteiger partial charge in [-0.2, -0.15) is 0 Å². The fourth-order valence-corrected chi connectivity index (χ4v) is 6.07. The minimum atomic E-state index is -1.02. The van der Waals surface area contributed by atoms with Gasteiger partial charge in [0, 0.05) is 5.39 Å². The molecule has 42 heavy (non-hydrogen) atoms. The van der Waals surface area contributed by atoms with Gasteiger partial charge >= 0.3 is 0 Å². The van der Waals surface area contributed by atoms with Crippen molar-refractivity contribution >= 4 is 49.3 Å². The number of benzene rings is 4. The van der Waals surface area contributed by atoms with Crippen molar-refractivity contribution in [1.29, 1.82) is 0 Å². The van der Waals surface area contributed by atoms with Crippen LogP contribution in [0.1, 0.15) is 27.7 Å². The van der Waals surface area contributed by atoms with Gasteiger partial charge in [0.1, 0.15) is 23.8 Å². The molecule has 7 rings (SSSR count). The van der Waals surface area contributed by atoms with Gasteiger partial charge < -0.3 is 14.3 Å². The van der Waals surface area contributed by atoms with E-state index in [1.165, 1.54) is 23.1 Å². The van der Waals surface area contributed by atoms with Gasteiger partial charge in [-0.3, -0.25) is 14.5 Å². The Morgan fingerprint density at radius 3 is 2.52 bits per heavy atom. The van der Waals surface area contributed by atoms with E-state index in [-0.39, 0.29) is 16.5 Å². The molecule has 206 valence electrons. The maximum absolute atomic E-state index is 13.9. The summed E-state index contributed by atoms with van der Waals surface area (Å²) in [5.41, 5.74) is 2.41. The van der Waals surface area contributed by atoms with Crippen LogP contribution >= 0.6 is 11.3 Å². The smallest absolute Gasteiger partial charge is 0.296 e. The number of amides is 1. The van der Waals surface area contributed by atoms with Crippen molar-refractivity contribution in [3.05, 3.63) is 137 Å². The Morgan fingerprint density at radius 2 is 1.74 bits per heavy atom. The fourth-order valence-electron chi connectivity index (χ4n) is 5.05. The summed E-state index contributed by atoms with van der Waals surface area (Å²) in [5.74, 6) is -1.96. The number of nitrogens with zero attached hydrogens (tertiary/aromatic N) is 2. The first-order valence-corrected chi connectivity index (χ1v) is 13.9. The van der Waals surface area contributed by atoms with Crippen LogP contribution in [-0.4, -0.2) is 21.8 Å². The zero-order valence-electron chi connectivity index (χ0n) is 21.9. The third-order valence-corrected chi connectivity index (χ3v) is 8.11. The Bertz CT molecular complexity index is 1980. The number of hydrogen-bond donors (Lipinski definition) is 1. The highest BCUT2D eigenvalue weighted by atomic mass is 32.1. The topological polar surface area (TPSA) is 92.9 Å². The number of fused-ring (bicyclic) bond motifs is 2. The molecule has 0 aliphatic carbocycles. The number of thiazole rings is 1. The van der Waals surface area contributed by atoms with E-state index in [4.69, 9.17) is 9.15 Å². The number of ketones is 1. The normalized spacial score (nSPS) is 15.2. The lowest BCUT2D eigenvalue weighted by Gasteiger charge is -2.24. The van der Waals surface area contributed by atoms with E-state index in [9.17, 15) is 19.1 Å². The zero-order valence-corrected chi connectivity index (χ0v) is 22.7. The van der Waals surface area contributed by atoms with Gasteiger partial charge in [-0.25, -0.2) is 9.37 Å². The molecule has 1 amide bonds. The fraction of sp³-hybridized carbons (Fsp3) is 0.0606. The summed E-state index contributed by atoms with van der Waals surface area (Å²) in [4.78, 5) is 33.3. The van der Waals surface area contributed by atoms with Gasteiger partial charge in [0.15, 0.2) is 16.7 Å². The number of rotatable bonds is 7. The van der Waals surface area contributed by atoms with E-state index in [1.54, 1.807) is 42.5 Å². The summed E-state index contributed by atoms with van der Waals surface area (Å²) in [7, 11) is 0. The molecular formula is C33H21FN2O5S. The maximum Gasteiger partial charge on any atom is 0.296 e. The Hall–Kier alpha value is -5.28. The first-order chi connectivity index (χ1) is 20.5. The lowest BCUT2D eigenvalue weighted by atomic mass is 9.95. The molecule has 1 unspecified atom stereocenters. The summed E-state index contributed by atoms with van der Waals surface area (Å²) in [5, 5.41) is 12.1. The second-order valence-electron chi connectivity index (χ2n) is 9.77. The highest BCUT2D eigenvalue weighted by Gasteiger charge is 2.46. The number of Topliss-reactive ketones (excluding diaryl/α,β-unsaturated/α-hetero) is 1. The first-order valence-electron chi connectivity index (χ1n) is 13.1. The van der Waals surface area contributed by atoms with Crippen LogP contribution < -0.4 is 9.64 Å². The van der Waals surface area contributed by atoms with Gasteiger partial charge in [-0.05, 0) is 53.6 Å². The number of aliphatic hydroxyl groups excluding tert-OH is 1.